The summed E-state index contributed by atoms with van der Waals surface area (Å²) in [5.41, 5.74) is 1.72. The highest BCUT2D eigenvalue weighted by Gasteiger charge is 2.10. The molecular formula is C18H15O3+. The lowest BCUT2D eigenvalue weighted by molar-refractivity contribution is 0.415. The SMILES string of the molecule is COc1ccc(C=Cc2ccc3ccc(O)cc3[o+]2)cc1. The van der Waals surface area contributed by atoms with Crippen LogP contribution in [0.3, 0.4) is 0 Å². The number of hydrogen-bond donors (Lipinski definition) is 1. The van der Waals surface area contributed by atoms with E-state index >= 15 is 0 Å². The molecule has 0 saturated heterocycles. The molecule has 1 aromatic heterocycles. The maximum atomic E-state index is 9.49. The minimum atomic E-state index is 0.197. The standard InChI is InChI=1S/C18H14O3/c1-20-16-8-2-13(3-9-16)4-10-17-11-6-14-5-7-15(19)12-18(14)21-17/h2-12H,1H3/p+1. The van der Waals surface area contributed by atoms with Gasteiger partial charge in [-0.25, -0.2) is 4.42 Å². The third kappa shape index (κ3) is 3.03. The van der Waals surface area contributed by atoms with Crippen molar-refractivity contribution in [1.82, 2.24) is 0 Å². The van der Waals surface area contributed by atoms with Crippen molar-refractivity contribution >= 4 is 23.1 Å². The summed E-state index contributed by atoms with van der Waals surface area (Å²) >= 11 is 0. The van der Waals surface area contributed by atoms with Crippen molar-refractivity contribution in [2.45, 2.75) is 0 Å². The lowest BCUT2D eigenvalue weighted by Crippen LogP contribution is -1.81. The van der Waals surface area contributed by atoms with Crippen LogP contribution in [0.25, 0.3) is 23.1 Å². The van der Waals surface area contributed by atoms with Crippen molar-refractivity contribution in [3.05, 3.63) is 65.9 Å². The summed E-state index contributed by atoms with van der Waals surface area (Å²) in [6, 6.07) is 16.7. The molecule has 21 heavy (non-hydrogen) atoms. The summed E-state index contributed by atoms with van der Waals surface area (Å²) < 4.78 is 10.9. The fraction of sp³-hybridized carbons (Fsp3) is 0.0556. The molecular weight excluding hydrogens is 264 g/mol. The summed E-state index contributed by atoms with van der Waals surface area (Å²) in [6.07, 6.45) is 3.86. The maximum Gasteiger partial charge on any atom is 0.364 e. The van der Waals surface area contributed by atoms with Crippen LogP contribution in [0.2, 0.25) is 0 Å². The first kappa shape index (κ1) is 13.2. The van der Waals surface area contributed by atoms with E-state index in [2.05, 4.69) is 0 Å². The molecule has 3 heteroatoms. The van der Waals surface area contributed by atoms with Gasteiger partial charge in [0.2, 0.25) is 0 Å². The number of benzene rings is 2. The van der Waals surface area contributed by atoms with Crippen LogP contribution in [0.4, 0.5) is 0 Å². The number of fused-ring (bicyclic) bond motifs is 1. The van der Waals surface area contributed by atoms with Gasteiger partial charge in [0, 0.05) is 12.1 Å². The molecule has 0 amide bonds. The van der Waals surface area contributed by atoms with Crippen LogP contribution >= 0.6 is 0 Å². The lowest BCUT2D eigenvalue weighted by Gasteiger charge is -1.98. The molecule has 1 N–H and O–H groups in total. The predicted octanol–water partition coefficient (Wildman–Crippen LogP) is 4.60. The molecule has 0 aliphatic heterocycles. The number of rotatable bonds is 3. The molecule has 0 spiro atoms. The zero-order chi connectivity index (χ0) is 14.7. The maximum absolute atomic E-state index is 9.49. The molecule has 3 aromatic rings. The Bertz CT molecular complexity index is 789. The van der Waals surface area contributed by atoms with Gasteiger partial charge < -0.3 is 9.84 Å². The monoisotopic (exact) mass is 279 g/mol. The van der Waals surface area contributed by atoms with Crippen molar-refractivity contribution in [3.63, 3.8) is 0 Å². The number of aromatic hydroxyl groups is 1. The van der Waals surface area contributed by atoms with E-state index in [1.54, 1.807) is 19.2 Å². The Morgan fingerprint density at radius 3 is 2.48 bits per heavy atom. The second-order valence-electron chi connectivity index (χ2n) is 4.67. The number of ether oxygens (including phenoxy) is 1. The van der Waals surface area contributed by atoms with Crippen molar-refractivity contribution in [1.29, 1.82) is 0 Å². The van der Waals surface area contributed by atoms with Crippen LogP contribution < -0.4 is 4.74 Å². The molecule has 0 unspecified atom stereocenters. The van der Waals surface area contributed by atoms with Gasteiger partial charge in [0.05, 0.1) is 18.6 Å². The minimum absolute atomic E-state index is 0.197. The van der Waals surface area contributed by atoms with Crippen molar-refractivity contribution in [2.24, 2.45) is 0 Å². The van der Waals surface area contributed by atoms with Crippen molar-refractivity contribution in [3.8, 4) is 11.5 Å². The first-order valence-electron chi connectivity index (χ1n) is 6.62. The van der Waals surface area contributed by atoms with E-state index in [0.29, 0.717) is 5.58 Å². The highest BCUT2D eigenvalue weighted by atomic mass is 16.5. The smallest absolute Gasteiger partial charge is 0.364 e. The number of phenols is 1. The molecule has 0 aliphatic carbocycles. The fourth-order valence-corrected chi connectivity index (χ4v) is 2.06. The third-order valence-electron chi connectivity index (χ3n) is 3.21. The first-order valence-corrected chi connectivity index (χ1v) is 6.62. The molecule has 0 radical (unpaired) electrons. The zero-order valence-electron chi connectivity index (χ0n) is 11.6. The zero-order valence-corrected chi connectivity index (χ0v) is 11.6. The third-order valence-corrected chi connectivity index (χ3v) is 3.21. The van der Waals surface area contributed by atoms with Gasteiger partial charge in [-0.15, -0.1) is 0 Å². The van der Waals surface area contributed by atoms with E-state index < -0.39 is 0 Å². The summed E-state index contributed by atoms with van der Waals surface area (Å²) in [6.45, 7) is 0. The quantitative estimate of drug-likeness (QED) is 0.712. The Kier molecular flexibility index (Phi) is 3.56. The topological polar surface area (TPSA) is 40.8 Å². The number of methoxy groups -OCH3 is 1. The normalized spacial score (nSPS) is 11.1. The number of phenolic OH excluding ortho intramolecular Hbond substituents is 1. The molecule has 3 rings (SSSR count). The van der Waals surface area contributed by atoms with E-state index in [1.165, 1.54) is 0 Å². The molecule has 0 fully saturated rings. The van der Waals surface area contributed by atoms with Gasteiger partial charge in [-0.05, 0) is 42.0 Å². The fourth-order valence-electron chi connectivity index (χ4n) is 2.06. The van der Waals surface area contributed by atoms with Gasteiger partial charge in [0.1, 0.15) is 11.5 Å². The molecule has 0 aliphatic rings. The van der Waals surface area contributed by atoms with E-state index in [1.807, 2.05) is 54.6 Å². The average molecular weight is 279 g/mol. The van der Waals surface area contributed by atoms with Crippen molar-refractivity contribution in [2.75, 3.05) is 7.11 Å². The van der Waals surface area contributed by atoms with Crippen LogP contribution in [0, 0.1) is 0 Å². The van der Waals surface area contributed by atoms with E-state index in [9.17, 15) is 5.11 Å². The predicted molar refractivity (Wildman–Crippen MR) is 84.2 cm³/mol. The average Bonchev–Trinajstić information content (AvgIpc) is 2.53. The first-order chi connectivity index (χ1) is 10.2. The van der Waals surface area contributed by atoms with Crippen LogP contribution in [0.15, 0.2) is 59.0 Å². The summed E-state index contributed by atoms with van der Waals surface area (Å²) in [4.78, 5) is 0. The largest absolute Gasteiger partial charge is 0.508 e. The van der Waals surface area contributed by atoms with Gasteiger partial charge >= 0.3 is 11.3 Å². The second kappa shape index (κ2) is 5.67. The van der Waals surface area contributed by atoms with Crippen LogP contribution in [-0.2, 0) is 0 Å². The minimum Gasteiger partial charge on any atom is -0.508 e. The lowest BCUT2D eigenvalue weighted by atomic mass is 10.2. The Hall–Kier alpha value is -2.81. The molecule has 0 bridgehead atoms. The van der Waals surface area contributed by atoms with Gasteiger partial charge in [-0.1, -0.05) is 12.1 Å². The van der Waals surface area contributed by atoms with Gasteiger partial charge in [0.25, 0.3) is 0 Å². The van der Waals surface area contributed by atoms with E-state index in [4.69, 9.17) is 9.15 Å². The van der Waals surface area contributed by atoms with Gasteiger partial charge in [0.15, 0.2) is 0 Å². The molecule has 0 saturated carbocycles. The molecule has 104 valence electrons. The summed E-state index contributed by atoms with van der Waals surface area (Å²) in [5.74, 6) is 1.75. The number of hydrogen-bond acceptors (Lipinski definition) is 2. The van der Waals surface area contributed by atoms with E-state index in [0.717, 1.165) is 22.5 Å². The summed E-state index contributed by atoms with van der Waals surface area (Å²) in [7, 11) is 1.65. The molecule has 3 nitrogen and oxygen atoms in total. The van der Waals surface area contributed by atoms with E-state index in [-0.39, 0.29) is 5.75 Å². The van der Waals surface area contributed by atoms with Crippen LogP contribution in [0.1, 0.15) is 11.3 Å². The Morgan fingerprint density at radius 2 is 1.71 bits per heavy atom. The highest BCUT2D eigenvalue weighted by molar-refractivity contribution is 5.79. The van der Waals surface area contributed by atoms with Gasteiger partial charge in [-0.3, -0.25) is 0 Å². The molecule has 1 heterocycles. The summed E-state index contributed by atoms with van der Waals surface area (Å²) in [5, 5.41) is 10.4. The van der Waals surface area contributed by atoms with Crippen molar-refractivity contribution < 1.29 is 14.3 Å². The Balaban J connectivity index is 1.87. The Labute approximate surface area is 122 Å². The van der Waals surface area contributed by atoms with Crippen LogP contribution in [-0.4, -0.2) is 12.2 Å². The highest BCUT2D eigenvalue weighted by Crippen LogP contribution is 2.22. The molecule has 2 aromatic carbocycles. The molecule has 0 atom stereocenters. The van der Waals surface area contributed by atoms with Crippen LogP contribution in [0.5, 0.6) is 11.5 Å². The second-order valence-corrected chi connectivity index (χ2v) is 4.67. The Morgan fingerprint density at radius 1 is 0.952 bits per heavy atom. The van der Waals surface area contributed by atoms with Gasteiger partial charge in [-0.2, -0.15) is 0 Å².